The molecular weight excluding hydrogens is 372 g/mol. The van der Waals surface area contributed by atoms with E-state index in [2.05, 4.69) is 17.1 Å². The van der Waals surface area contributed by atoms with Crippen LogP contribution in [0.3, 0.4) is 0 Å². The van der Waals surface area contributed by atoms with E-state index in [9.17, 15) is 13.2 Å². The SMILES string of the molecule is O=C(N=C1S[C@@H]2CS(=O)(=O)C[C@@H]2N1CCc1ccccc1)[C@@H]1CCCO1. The van der Waals surface area contributed by atoms with Crippen LogP contribution in [0.4, 0.5) is 0 Å². The Morgan fingerprint density at radius 2 is 2.08 bits per heavy atom. The molecule has 0 N–H and O–H groups in total. The molecule has 8 heteroatoms. The van der Waals surface area contributed by atoms with Gasteiger partial charge in [-0.25, -0.2) is 8.42 Å². The number of benzene rings is 1. The van der Waals surface area contributed by atoms with Crippen LogP contribution in [0.5, 0.6) is 0 Å². The minimum Gasteiger partial charge on any atom is -0.368 e. The summed E-state index contributed by atoms with van der Waals surface area (Å²) in [5, 5.41) is 0.623. The van der Waals surface area contributed by atoms with Crippen LogP contribution < -0.4 is 0 Å². The number of sulfone groups is 1. The summed E-state index contributed by atoms with van der Waals surface area (Å²) < 4.78 is 29.5. The van der Waals surface area contributed by atoms with Gasteiger partial charge in [-0.3, -0.25) is 4.79 Å². The van der Waals surface area contributed by atoms with Crippen LogP contribution in [0, 0.1) is 0 Å². The Morgan fingerprint density at radius 3 is 2.81 bits per heavy atom. The summed E-state index contributed by atoms with van der Waals surface area (Å²) in [6.45, 7) is 1.26. The van der Waals surface area contributed by atoms with Crippen LogP contribution in [-0.4, -0.2) is 66.4 Å². The number of thioether (sulfide) groups is 1. The summed E-state index contributed by atoms with van der Waals surface area (Å²) in [4.78, 5) is 18.8. The molecule has 6 nitrogen and oxygen atoms in total. The molecule has 1 aromatic carbocycles. The van der Waals surface area contributed by atoms with Gasteiger partial charge in [0.25, 0.3) is 5.91 Å². The molecule has 3 heterocycles. The minimum absolute atomic E-state index is 0.0354. The topological polar surface area (TPSA) is 76.0 Å². The van der Waals surface area contributed by atoms with Crippen molar-refractivity contribution in [1.29, 1.82) is 0 Å². The molecule has 26 heavy (non-hydrogen) atoms. The van der Waals surface area contributed by atoms with Gasteiger partial charge in [0, 0.05) is 18.4 Å². The lowest BCUT2D eigenvalue weighted by Crippen LogP contribution is -2.39. The van der Waals surface area contributed by atoms with Crippen molar-refractivity contribution in [3.8, 4) is 0 Å². The van der Waals surface area contributed by atoms with Crippen molar-refractivity contribution in [1.82, 2.24) is 4.90 Å². The zero-order valence-electron chi connectivity index (χ0n) is 14.4. The lowest BCUT2D eigenvalue weighted by Gasteiger charge is -2.24. The van der Waals surface area contributed by atoms with Crippen molar-refractivity contribution in [2.24, 2.45) is 4.99 Å². The van der Waals surface area contributed by atoms with Gasteiger partial charge in [-0.15, -0.1) is 0 Å². The third-order valence-electron chi connectivity index (χ3n) is 5.07. The van der Waals surface area contributed by atoms with Crippen LogP contribution in [0.1, 0.15) is 18.4 Å². The maximum Gasteiger partial charge on any atom is 0.277 e. The van der Waals surface area contributed by atoms with Crippen LogP contribution in [0.15, 0.2) is 35.3 Å². The van der Waals surface area contributed by atoms with Crippen molar-refractivity contribution in [3.05, 3.63) is 35.9 Å². The Kier molecular flexibility index (Phi) is 5.07. The van der Waals surface area contributed by atoms with E-state index in [4.69, 9.17) is 4.74 Å². The summed E-state index contributed by atoms with van der Waals surface area (Å²) in [5.74, 6) is 0.0710. The number of carbonyl (C=O) groups excluding carboxylic acids is 1. The quantitative estimate of drug-likeness (QED) is 0.770. The molecule has 0 unspecified atom stereocenters. The molecule has 3 atom stereocenters. The lowest BCUT2D eigenvalue weighted by atomic mass is 10.1. The fraction of sp³-hybridized carbons (Fsp3) is 0.556. The number of hydrogen-bond acceptors (Lipinski definition) is 5. The number of amides is 1. The van der Waals surface area contributed by atoms with E-state index in [0.29, 0.717) is 24.7 Å². The largest absolute Gasteiger partial charge is 0.368 e. The molecule has 0 aliphatic carbocycles. The van der Waals surface area contributed by atoms with Crippen molar-refractivity contribution in [2.75, 3.05) is 24.7 Å². The summed E-state index contributed by atoms with van der Waals surface area (Å²) in [6.07, 6.45) is 1.95. The standard InChI is InChI=1S/C18H22N2O4S2/c21-17(15-7-4-10-24-15)19-18-20(9-8-13-5-2-1-3-6-13)14-11-26(22,23)12-16(14)25-18/h1-3,5-6,14-16H,4,7-12H2/t14-,15-,16+/m0/s1. The van der Waals surface area contributed by atoms with Gasteiger partial charge >= 0.3 is 0 Å². The van der Waals surface area contributed by atoms with Crippen molar-refractivity contribution >= 4 is 32.7 Å². The minimum atomic E-state index is -3.02. The highest BCUT2D eigenvalue weighted by Crippen LogP contribution is 2.38. The molecule has 3 fully saturated rings. The number of amidine groups is 1. The van der Waals surface area contributed by atoms with Crippen LogP contribution in [-0.2, 0) is 25.8 Å². The van der Waals surface area contributed by atoms with E-state index >= 15 is 0 Å². The Labute approximate surface area is 157 Å². The monoisotopic (exact) mass is 394 g/mol. The molecule has 4 rings (SSSR count). The zero-order chi connectivity index (χ0) is 18.1. The second-order valence-corrected chi connectivity index (χ2v) is 10.3. The Bertz CT molecular complexity index is 804. The molecule has 0 saturated carbocycles. The van der Waals surface area contributed by atoms with E-state index in [1.807, 2.05) is 23.1 Å². The number of hydrogen-bond donors (Lipinski definition) is 0. The molecule has 3 aliphatic rings. The number of rotatable bonds is 4. The van der Waals surface area contributed by atoms with E-state index in [0.717, 1.165) is 12.8 Å². The fourth-order valence-electron chi connectivity index (χ4n) is 3.73. The van der Waals surface area contributed by atoms with E-state index < -0.39 is 15.9 Å². The Morgan fingerprint density at radius 1 is 1.27 bits per heavy atom. The molecule has 3 saturated heterocycles. The highest BCUT2D eigenvalue weighted by molar-refractivity contribution is 8.15. The maximum atomic E-state index is 12.4. The van der Waals surface area contributed by atoms with Gasteiger partial charge in [0.1, 0.15) is 6.10 Å². The third kappa shape index (κ3) is 3.82. The molecule has 1 amide bonds. The number of fused-ring (bicyclic) bond motifs is 1. The second-order valence-electron chi connectivity index (χ2n) is 6.96. The van der Waals surface area contributed by atoms with Gasteiger partial charge in [-0.05, 0) is 24.8 Å². The summed E-state index contributed by atoms with van der Waals surface area (Å²) in [6, 6.07) is 9.98. The number of carbonyl (C=O) groups is 1. The molecular formula is C18H22N2O4S2. The lowest BCUT2D eigenvalue weighted by molar-refractivity contribution is -0.126. The van der Waals surface area contributed by atoms with Gasteiger partial charge in [0.2, 0.25) is 0 Å². The Hall–Kier alpha value is -1.38. The number of aliphatic imine (C=N–C) groups is 1. The third-order valence-corrected chi connectivity index (χ3v) is 8.32. The normalized spacial score (nSPS) is 31.5. The van der Waals surface area contributed by atoms with Crippen LogP contribution in [0.25, 0.3) is 0 Å². The average molecular weight is 395 g/mol. The predicted octanol–water partition coefficient (Wildman–Crippen LogP) is 1.51. The van der Waals surface area contributed by atoms with E-state index in [-0.39, 0.29) is 28.7 Å². The van der Waals surface area contributed by atoms with Gasteiger partial charge < -0.3 is 9.64 Å². The summed E-state index contributed by atoms with van der Waals surface area (Å²) in [5.41, 5.74) is 1.19. The van der Waals surface area contributed by atoms with E-state index in [1.54, 1.807) is 0 Å². The smallest absolute Gasteiger partial charge is 0.277 e. The Balaban J connectivity index is 1.53. The van der Waals surface area contributed by atoms with Crippen molar-refractivity contribution < 1.29 is 17.9 Å². The highest BCUT2D eigenvalue weighted by Gasteiger charge is 2.48. The first-order valence-corrected chi connectivity index (χ1v) is 11.6. The van der Waals surface area contributed by atoms with Crippen LogP contribution in [0.2, 0.25) is 0 Å². The average Bonchev–Trinajstić information content (AvgIpc) is 3.29. The molecule has 0 aromatic heterocycles. The summed E-state index contributed by atoms with van der Waals surface area (Å²) >= 11 is 1.43. The summed E-state index contributed by atoms with van der Waals surface area (Å²) in [7, 11) is -3.02. The first-order chi connectivity index (χ1) is 12.5. The highest BCUT2D eigenvalue weighted by atomic mass is 32.2. The van der Waals surface area contributed by atoms with Crippen molar-refractivity contribution in [2.45, 2.75) is 36.7 Å². The van der Waals surface area contributed by atoms with E-state index in [1.165, 1.54) is 17.3 Å². The molecule has 0 bridgehead atoms. The molecule has 3 aliphatic heterocycles. The second kappa shape index (κ2) is 7.32. The fourth-order valence-corrected chi connectivity index (χ4v) is 7.71. The van der Waals surface area contributed by atoms with Crippen molar-refractivity contribution in [3.63, 3.8) is 0 Å². The van der Waals surface area contributed by atoms with Crippen LogP contribution >= 0.6 is 11.8 Å². The maximum absolute atomic E-state index is 12.4. The van der Waals surface area contributed by atoms with Gasteiger partial charge in [-0.1, -0.05) is 42.1 Å². The van der Waals surface area contributed by atoms with Gasteiger partial charge in [0.15, 0.2) is 15.0 Å². The number of ether oxygens (including phenoxy) is 1. The number of nitrogens with zero attached hydrogens (tertiary/aromatic N) is 2. The predicted molar refractivity (Wildman–Crippen MR) is 102 cm³/mol. The van der Waals surface area contributed by atoms with Gasteiger partial charge in [0.05, 0.1) is 17.5 Å². The zero-order valence-corrected chi connectivity index (χ0v) is 16.0. The molecule has 0 spiro atoms. The van der Waals surface area contributed by atoms with Gasteiger partial charge in [-0.2, -0.15) is 4.99 Å². The molecule has 0 radical (unpaired) electrons. The first-order valence-electron chi connectivity index (χ1n) is 8.94. The molecule has 140 valence electrons. The molecule has 1 aromatic rings. The first kappa shape index (κ1) is 18.0.